The van der Waals surface area contributed by atoms with E-state index in [1.807, 2.05) is 6.07 Å². The molecule has 1 aromatic heterocycles. The normalized spacial score (nSPS) is 20.3. The Morgan fingerprint density at radius 1 is 1.17 bits per heavy atom. The molecule has 3 rings (SSSR count). The molecule has 0 aliphatic carbocycles. The standard InChI is InChI=1S/C15H15ClFNO2S3/c16-14-5-6-15(22-14)23(19,20)18-8-7-13(21-10-9-18)11-3-1-2-4-12(11)17/h1-6,13H,7-10H2/t13-/m0/s1. The Morgan fingerprint density at radius 2 is 1.96 bits per heavy atom. The maximum atomic E-state index is 13.9. The first-order valence-electron chi connectivity index (χ1n) is 7.10. The van der Waals surface area contributed by atoms with E-state index in [9.17, 15) is 12.8 Å². The zero-order valence-electron chi connectivity index (χ0n) is 12.1. The number of halogens is 2. The molecule has 1 saturated heterocycles. The van der Waals surface area contributed by atoms with Gasteiger partial charge in [-0.3, -0.25) is 0 Å². The Balaban J connectivity index is 1.78. The van der Waals surface area contributed by atoms with Crippen LogP contribution in [0.4, 0.5) is 4.39 Å². The molecule has 1 atom stereocenters. The molecule has 0 N–H and O–H groups in total. The highest BCUT2D eigenvalue weighted by Gasteiger charge is 2.30. The van der Waals surface area contributed by atoms with Crippen molar-refractivity contribution in [2.45, 2.75) is 15.9 Å². The average molecular weight is 392 g/mol. The van der Waals surface area contributed by atoms with E-state index in [4.69, 9.17) is 11.6 Å². The average Bonchev–Trinajstić information content (AvgIpc) is 2.82. The van der Waals surface area contributed by atoms with E-state index in [1.165, 1.54) is 16.4 Å². The molecule has 1 fully saturated rings. The molecule has 1 aliphatic rings. The first-order chi connectivity index (χ1) is 11.0. The fourth-order valence-electron chi connectivity index (χ4n) is 2.54. The van der Waals surface area contributed by atoms with Crippen LogP contribution in [0, 0.1) is 5.82 Å². The summed E-state index contributed by atoms with van der Waals surface area (Å²) < 4.78 is 41.5. The molecule has 8 heteroatoms. The van der Waals surface area contributed by atoms with Gasteiger partial charge in [-0.25, -0.2) is 12.8 Å². The number of thiophene rings is 1. The molecule has 124 valence electrons. The molecular weight excluding hydrogens is 377 g/mol. The van der Waals surface area contributed by atoms with Gasteiger partial charge in [0.05, 0.1) is 4.34 Å². The van der Waals surface area contributed by atoms with Gasteiger partial charge in [-0.2, -0.15) is 16.1 Å². The van der Waals surface area contributed by atoms with Crippen LogP contribution in [0.3, 0.4) is 0 Å². The molecule has 1 aromatic carbocycles. The minimum Gasteiger partial charge on any atom is -0.207 e. The van der Waals surface area contributed by atoms with Gasteiger partial charge >= 0.3 is 0 Å². The predicted octanol–water partition coefficient (Wildman–Crippen LogP) is 4.41. The Kier molecular flexibility index (Phi) is 5.32. The summed E-state index contributed by atoms with van der Waals surface area (Å²) in [6.07, 6.45) is 0.587. The largest absolute Gasteiger partial charge is 0.252 e. The van der Waals surface area contributed by atoms with Crippen LogP contribution in [0.15, 0.2) is 40.6 Å². The van der Waals surface area contributed by atoms with Crippen LogP contribution < -0.4 is 0 Å². The van der Waals surface area contributed by atoms with Crippen molar-refractivity contribution >= 4 is 44.7 Å². The summed E-state index contributed by atoms with van der Waals surface area (Å²) in [6, 6.07) is 9.82. The Labute approximate surface area is 148 Å². The second kappa shape index (κ2) is 7.11. The van der Waals surface area contributed by atoms with Gasteiger partial charge in [0, 0.05) is 29.7 Å². The number of nitrogens with zero attached hydrogens (tertiary/aromatic N) is 1. The molecule has 0 unspecified atom stereocenters. The third-order valence-corrected chi connectivity index (χ3v) is 8.60. The smallest absolute Gasteiger partial charge is 0.207 e. The monoisotopic (exact) mass is 391 g/mol. The number of benzene rings is 1. The number of hydrogen-bond acceptors (Lipinski definition) is 4. The summed E-state index contributed by atoms with van der Waals surface area (Å²) in [7, 11) is -3.52. The molecule has 23 heavy (non-hydrogen) atoms. The minimum atomic E-state index is -3.52. The molecule has 2 heterocycles. The van der Waals surface area contributed by atoms with Crippen LogP contribution in [0.1, 0.15) is 17.2 Å². The van der Waals surface area contributed by atoms with Gasteiger partial charge in [-0.1, -0.05) is 29.8 Å². The van der Waals surface area contributed by atoms with Crippen molar-refractivity contribution in [3.8, 4) is 0 Å². The third kappa shape index (κ3) is 3.74. The summed E-state index contributed by atoms with van der Waals surface area (Å²) in [6.45, 7) is 0.803. The fraction of sp³-hybridized carbons (Fsp3) is 0.333. The molecule has 0 spiro atoms. The summed E-state index contributed by atoms with van der Waals surface area (Å²) in [4.78, 5) is 0. The van der Waals surface area contributed by atoms with Gasteiger partial charge in [0.25, 0.3) is 10.0 Å². The van der Waals surface area contributed by atoms with Crippen molar-refractivity contribution in [3.05, 3.63) is 52.1 Å². The van der Waals surface area contributed by atoms with Gasteiger partial charge in [0.1, 0.15) is 10.0 Å². The molecular formula is C15H15ClFNO2S3. The first-order valence-corrected chi connectivity index (χ1v) is 10.8. The molecule has 0 bridgehead atoms. The van der Waals surface area contributed by atoms with Crippen LogP contribution in [-0.2, 0) is 10.0 Å². The minimum absolute atomic E-state index is 0.0247. The van der Waals surface area contributed by atoms with Crippen LogP contribution in [0.25, 0.3) is 0 Å². The van der Waals surface area contributed by atoms with E-state index < -0.39 is 10.0 Å². The fourth-order valence-corrected chi connectivity index (χ4v) is 7.00. The summed E-state index contributed by atoms with van der Waals surface area (Å²) >= 11 is 8.51. The van der Waals surface area contributed by atoms with Crippen LogP contribution in [0.5, 0.6) is 0 Å². The summed E-state index contributed by atoms with van der Waals surface area (Å²) in [5, 5.41) is -0.0247. The molecule has 0 amide bonds. The number of rotatable bonds is 3. The highest BCUT2D eigenvalue weighted by atomic mass is 35.5. The van der Waals surface area contributed by atoms with Gasteiger partial charge in [0.2, 0.25) is 0 Å². The lowest BCUT2D eigenvalue weighted by molar-refractivity contribution is 0.428. The van der Waals surface area contributed by atoms with E-state index in [2.05, 4.69) is 0 Å². The maximum absolute atomic E-state index is 13.9. The van der Waals surface area contributed by atoms with Gasteiger partial charge in [0.15, 0.2) is 0 Å². The zero-order chi connectivity index (χ0) is 16.4. The van der Waals surface area contributed by atoms with Crippen molar-refractivity contribution < 1.29 is 12.8 Å². The quantitative estimate of drug-likeness (QED) is 0.777. The Morgan fingerprint density at radius 3 is 2.65 bits per heavy atom. The highest BCUT2D eigenvalue weighted by molar-refractivity contribution is 7.99. The molecule has 2 aromatic rings. The third-order valence-electron chi connectivity index (χ3n) is 3.70. The van der Waals surface area contributed by atoms with Crippen molar-refractivity contribution in [3.63, 3.8) is 0 Å². The van der Waals surface area contributed by atoms with E-state index in [0.29, 0.717) is 35.2 Å². The van der Waals surface area contributed by atoms with Crippen molar-refractivity contribution in [1.82, 2.24) is 4.31 Å². The summed E-state index contributed by atoms with van der Waals surface area (Å²) in [5.74, 6) is 0.406. The van der Waals surface area contributed by atoms with E-state index in [0.717, 1.165) is 11.3 Å². The molecule has 0 saturated carbocycles. The summed E-state index contributed by atoms with van der Waals surface area (Å²) in [5.41, 5.74) is 0.649. The van der Waals surface area contributed by atoms with Crippen molar-refractivity contribution in [2.24, 2.45) is 0 Å². The van der Waals surface area contributed by atoms with Crippen LogP contribution in [-0.4, -0.2) is 31.6 Å². The lowest BCUT2D eigenvalue weighted by Crippen LogP contribution is -2.32. The molecule has 0 radical (unpaired) electrons. The molecule has 3 nitrogen and oxygen atoms in total. The zero-order valence-corrected chi connectivity index (χ0v) is 15.3. The van der Waals surface area contributed by atoms with Gasteiger partial charge in [-0.15, -0.1) is 11.3 Å². The number of thioether (sulfide) groups is 1. The van der Waals surface area contributed by atoms with Crippen molar-refractivity contribution in [1.29, 1.82) is 0 Å². The van der Waals surface area contributed by atoms with E-state index in [1.54, 1.807) is 30.0 Å². The topological polar surface area (TPSA) is 37.4 Å². The Bertz CT molecular complexity index is 794. The second-order valence-electron chi connectivity index (χ2n) is 5.13. The van der Waals surface area contributed by atoms with E-state index in [-0.39, 0.29) is 15.3 Å². The first kappa shape index (κ1) is 17.2. The maximum Gasteiger partial charge on any atom is 0.252 e. The lowest BCUT2D eigenvalue weighted by atomic mass is 10.1. The second-order valence-corrected chi connectivity index (χ2v) is 10.3. The number of hydrogen-bond donors (Lipinski definition) is 0. The molecule has 1 aliphatic heterocycles. The Hall–Kier alpha value is -0.600. The van der Waals surface area contributed by atoms with E-state index >= 15 is 0 Å². The van der Waals surface area contributed by atoms with Crippen LogP contribution >= 0.6 is 34.7 Å². The van der Waals surface area contributed by atoms with Gasteiger partial charge in [-0.05, 0) is 24.6 Å². The lowest BCUT2D eigenvalue weighted by Gasteiger charge is -2.19. The van der Waals surface area contributed by atoms with Gasteiger partial charge < -0.3 is 0 Å². The SMILES string of the molecule is O=S(=O)(c1ccc(Cl)s1)N1CCS[C@H](c2ccccc2F)CC1. The highest BCUT2D eigenvalue weighted by Crippen LogP contribution is 2.37. The van der Waals surface area contributed by atoms with Crippen LogP contribution in [0.2, 0.25) is 4.34 Å². The predicted molar refractivity (Wildman–Crippen MR) is 94.3 cm³/mol. The number of sulfonamides is 1. The van der Waals surface area contributed by atoms with Crippen molar-refractivity contribution in [2.75, 3.05) is 18.8 Å².